The molecule has 0 aromatic heterocycles. The maximum absolute atomic E-state index is 12.8. The Morgan fingerprint density at radius 1 is 1.53 bits per heavy atom. The van der Waals surface area contributed by atoms with Gasteiger partial charge in [-0.2, -0.15) is 0 Å². The number of amides is 1. The molecule has 6 heteroatoms. The van der Waals surface area contributed by atoms with E-state index in [0.717, 1.165) is 4.47 Å². The lowest BCUT2D eigenvalue weighted by molar-refractivity contribution is 0.0118. The minimum Gasteiger partial charge on any atom is -0.346 e. The van der Waals surface area contributed by atoms with E-state index in [1.807, 2.05) is 0 Å². The van der Waals surface area contributed by atoms with Gasteiger partial charge in [0.25, 0.3) is 11.8 Å². The second-order valence-electron chi connectivity index (χ2n) is 3.70. The summed E-state index contributed by atoms with van der Waals surface area (Å²) in [6.45, 7) is 0.200. The molecule has 94 valence electrons. The van der Waals surface area contributed by atoms with Crippen molar-refractivity contribution in [3.63, 3.8) is 0 Å². The fourth-order valence-corrected chi connectivity index (χ4v) is 1.73. The minimum atomic E-state index is -3.07. The van der Waals surface area contributed by atoms with E-state index in [0.29, 0.717) is 11.1 Å². The monoisotopic (exact) mass is 306 g/mol. The van der Waals surface area contributed by atoms with Crippen molar-refractivity contribution < 1.29 is 13.6 Å². The van der Waals surface area contributed by atoms with E-state index in [4.69, 9.17) is 5.73 Å². The third-order valence-corrected chi connectivity index (χ3v) is 2.73. The molecule has 3 N–H and O–H groups in total. The highest BCUT2D eigenvalue weighted by Gasteiger charge is 2.27. The first-order valence-electron chi connectivity index (χ1n) is 4.98. The molecule has 0 spiro atoms. The van der Waals surface area contributed by atoms with Crippen molar-refractivity contribution in [2.24, 2.45) is 5.73 Å². The van der Waals surface area contributed by atoms with Crippen LogP contribution in [0.4, 0.5) is 8.78 Å². The van der Waals surface area contributed by atoms with E-state index in [9.17, 15) is 13.6 Å². The van der Waals surface area contributed by atoms with E-state index < -0.39 is 24.9 Å². The van der Waals surface area contributed by atoms with Crippen LogP contribution >= 0.6 is 15.9 Å². The summed E-state index contributed by atoms with van der Waals surface area (Å²) in [4.78, 5) is 11.6. The number of aryl methyl sites for hydroxylation is 1. The quantitative estimate of drug-likeness (QED) is 0.895. The lowest BCUT2D eigenvalue weighted by atomic mass is 10.1. The molecule has 0 atom stereocenters. The van der Waals surface area contributed by atoms with E-state index in [2.05, 4.69) is 21.2 Å². The normalized spacial score (nSPS) is 11.4. The summed E-state index contributed by atoms with van der Waals surface area (Å²) in [5.41, 5.74) is 5.97. The molecular formula is C11H13BrF2N2O. The molecule has 0 saturated heterocycles. The average Bonchev–Trinajstić information content (AvgIpc) is 2.26. The van der Waals surface area contributed by atoms with Crippen LogP contribution in [-0.4, -0.2) is 24.9 Å². The molecule has 0 aliphatic rings. The zero-order chi connectivity index (χ0) is 13.1. The van der Waals surface area contributed by atoms with Gasteiger partial charge in [-0.05, 0) is 30.7 Å². The number of nitrogens with one attached hydrogen (secondary N) is 1. The number of hydrogen-bond acceptors (Lipinski definition) is 2. The summed E-state index contributed by atoms with van der Waals surface area (Å²) in [7, 11) is 0. The van der Waals surface area contributed by atoms with Gasteiger partial charge in [0.2, 0.25) is 0 Å². The summed E-state index contributed by atoms with van der Waals surface area (Å²) in [6, 6.07) is 5.01. The molecule has 1 amide bonds. The van der Waals surface area contributed by atoms with Gasteiger partial charge in [0.05, 0.1) is 13.1 Å². The van der Waals surface area contributed by atoms with Crippen LogP contribution in [0, 0.1) is 6.92 Å². The van der Waals surface area contributed by atoms with Gasteiger partial charge in [-0.3, -0.25) is 4.79 Å². The zero-order valence-electron chi connectivity index (χ0n) is 9.27. The summed E-state index contributed by atoms with van der Waals surface area (Å²) in [5.74, 6) is -3.60. The first-order chi connectivity index (χ1) is 7.85. The van der Waals surface area contributed by atoms with E-state index in [1.54, 1.807) is 25.1 Å². The summed E-state index contributed by atoms with van der Waals surface area (Å²) in [6.07, 6.45) is 0. The van der Waals surface area contributed by atoms with Crippen LogP contribution in [0.1, 0.15) is 15.9 Å². The van der Waals surface area contributed by atoms with Crippen LogP contribution < -0.4 is 11.1 Å². The molecular weight excluding hydrogens is 294 g/mol. The van der Waals surface area contributed by atoms with Gasteiger partial charge in [0.15, 0.2) is 0 Å². The lowest BCUT2D eigenvalue weighted by Gasteiger charge is -2.15. The highest BCUT2D eigenvalue weighted by atomic mass is 79.9. The molecule has 1 aromatic rings. The van der Waals surface area contributed by atoms with Gasteiger partial charge in [-0.1, -0.05) is 15.9 Å². The van der Waals surface area contributed by atoms with E-state index in [-0.39, 0.29) is 0 Å². The summed E-state index contributed by atoms with van der Waals surface area (Å²) >= 11 is 3.26. The Morgan fingerprint density at radius 3 is 2.71 bits per heavy atom. The summed E-state index contributed by atoms with van der Waals surface area (Å²) < 4.78 is 26.5. The molecule has 17 heavy (non-hydrogen) atoms. The maximum Gasteiger partial charge on any atom is 0.277 e. The van der Waals surface area contributed by atoms with E-state index in [1.165, 1.54) is 0 Å². The molecule has 0 saturated carbocycles. The van der Waals surface area contributed by atoms with Crippen molar-refractivity contribution in [2.45, 2.75) is 12.8 Å². The molecule has 1 rings (SSSR count). The second-order valence-corrected chi connectivity index (χ2v) is 4.62. The number of carbonyl (C=O) groups excluding carboxylic acids is 1. The highest BCUT2D eigenvalue weighted by Crippen LogP contribution is 2.16. The molecule has 0 fully saturated rings. The van der Waals surface area contributed by atoms with Crippen molar-refractivity contribution in [1.29, 1.82) is 0 Å². The number of nitrogens with two attached hydrogens (primary N) is 1. The Morgan fingerprint density at radius 2 is 2.18 bits per heavy atom. The van der Waals surface area contributed by atoms with Crippen molar-refractivity contribution in [3.8, 4) is 0 Å². The van der Waals surface area contributed by atoms with Crippen LogP contribution in [0.15, 0.2) is 22.7 Å². The number of rotatable bonds is 4. The smallest absolute Gasteiger partial charge is 0.277 e. The molecule has 1 aromatic carbocycles. The van der Waals surface area contributed by atoms with Crippen molar-refractivity contribution in [3.05, 3.63) is 33.8 Å². The Balaban J connectivity index is 2.71. The molecule has 0 bridgehead atoms. The number of carbonyl (C=O) groups is 1. The van der Waals surface area contributed by atoms with Crippen LogP contribution in [-0.2, 0) is 0 Å². The van der Waals surface area contributed by atoms with Gasteiger partial charge in [-0.25, -0.2) is 8.78 Å². The van der Waals surface area contributed by atoms with Gasteiger partial charge in [0.1, 0.15) is 0 Å². The highest BCUT2D eigenvalue weighted by molar-refractivity contribution is 9.10. The largest absolute Gasteiger partial charge is 0.346 e. The predicted molar refractivity (Wildman–Crippen MR) is 65.2 cm³/mol. The second kappa shape index (κ2) is 5.55. The fourth-order valence-electron chi connectivity index (χ4n) is 1.26. The Labute approximate surface area is 107 Å². The minimum absolute atomic E-state index is 0.376. The van der Waals surface area contributed by atoms with Gasteiger partial charge in [0, 0.05) is 10.0 Å². The Kier molecular flexibility index (Phi) is 4.59. The number of halogens is 3. The van der Waals surface area contributed by atoms with Crippen LogP contribution in [0.3, 0.4) is 0 Å². The van der Waals surface area contributed by atoms with Crippen molar-refractivity contribution in [2.75, 3.05) is 13.1 Å². The van der Waals surface area contributed by atoms with Gasteiger partial charge >= 0.3 is 0 Å². The van der Waals surface area contributed by atoms with Gasteiger partial charge < -0.3 is 11.1 Å². The van der Waals surface area contributed by atoms with E-state index >= 15 is 0 Å². The molecule has 3 nitrogen and oxygen atoms in total. The fraction of sp³-hybridized carbons (Fsp3) is 0.364. The number of alkyl halides is 2. The number of benzene rings is 1. The Bertz CT molecular complexity index is 424. The third kappa shape index (κ3) is 4.05. The van der Waals surface area contributed by atoms with Crippen molar-refractivity contribution >= 4 is 21.8 Å². The van der Waals surface area contributed by atoms with Crippen LogP contribution in [0.25, 0.3) is 0 Å². The maximum atomic E-state index is 12.8. The summed E-state index contributed by atoms with van der Waals surface area (Å²) in [5, 5.41) is 2.17. The molecule has 0 aliphatic carbocycles. The first kappa shape index (κ1) is 14.1. The van der Waals surface area contributed by atoms with Crippen molar-refractivity contribution in [1.82, 2.24) is 5.32 Å². The SMILES string of the molecule is Cc1cc(Br)ccc1C(=O)NCC(F)(F)CN. The molecule has 0 aliphatic heterocycles. The molecule has 0 unspecified atom stereocenters. The zero-order valence-corrected chi connectivity index (χ0v) is 10.9. The predicted octanol–water partition coefficient (Wildman–Crippen LogP) is 2.08. The standard InChI is InChI=1S/C11H13BrF2N2O/c1-7-4-8(12)2-3-9(7)10(17)16-6-11(13,14)5-15/h2-4H,5-6,15H2,1H3,(H,16,17). The molecule has 0 heterocycles. The topological polar surface area (TPSA) is 55.1 Å². The van der Waals surface area contributed by atoms with Gasteiger partial charge in [-0.15, -0.1) is 0 Å². The number of hydrogen-bond donors (Lipinski definition) is 2. The van der Waals surface area contributed by atoms with Crippen LogP contribution in [0.2, 0.25) is 0 Å². The van der Waals surface area contributed by atoms with Crippen LogP contribution in [0.5, 0.6) is 0 Å². The Hall–Kier alpha value is -1.01. The lowest BCUT2D eigenvalue weighted by Crippen LogP contribution is -2.41. The average molecular weight is 307 g/mol. The first-order valence-corrected chi connectivity index (χ1v) is 5.77. The third-order valence-electron chi connectivity index (χ3n) is 2.24. The molecule has 0 radical (unpaired) electrons.